The summed E-state index contributed by atoms with van der Waals surface area (Å²) in [4.78, 5) is 0. The second kappa shape index (κ2) is 5.24. The monoisotopic (exact) mass is 336 g/mol. The summed E-state index contributed by atoms with van der Waals surface area (Å²) < 4.78 is 35.3. The van der Waals surface area contributed by atoms with E-state index < -0.39 is 21.7 Å². The number of aryl methyl sites for hydroxylation is 1. The molecule has 0 aliphatic carbocycles. The smallest absolute Gasteiger partial charge is 0.258 e. The predicted molar refractivity (Wildman–Crippen MR) is 86.4 cm³/mol. The minimum atomic E-state index is -3.70. The van der Waals surface area contributed by atoms with Gasteiger partial charge >= 0.3 is 0 Å². The van der Waals surface area contributed by atoms with Crippen LogP contribution >= 0.6 is 0 Å². The van der Waals surface area contributed by atoms with E-state index in [0.717, 1.165) is 5.56 Å². The van der Waals surface area contributed by atoms with Gasteiger partial charge in [0.2, 0.25) is 0 Å². The quantitative estimate of drug-likeness (QED) is 0.829. The van der Waals surface area contributed by atoms with E-state index in [1.165, 1.54) is 16.9 Å². The maximum Gasteiger partial charge on any atom is 0.258 e. The van der Waals surface area contributed by atoms with Crippen molar-refractivity contribution < 1.29 is 13.2 Å². The number of sulfonamides is 1. The molecule has 3 N–H and O–H groups in total. The van der Waals surface area contributed by atoms with Gasteiger partial charge in [0.05, 0.1) is 12.2 Å². The number of fused-ring (bicyclic) bond motifs is 1. The molecule has 3 rings (SSSR count). The summed E-state index contributed by atoms with van der Waals surface area (Å²) in [6.07, 6.45) is 1.95. The van der Waals surface area contributed by atoms with Crippen LogP contribution in [0.2, 0.25) is 0 Å². The average molecular weight is 336 g/mol. The molecule has 1 aliphatic heterocycles. The molecule has 1 aliphatic rings. The highest BCUT2D eigenvalue weighted by Crippen LogP contribution is 2.40. The normalized spacial score (nSPS) is 19.9. The molecule has 1 unspecified atom stereocenters. The topological polar surface area (TPSA) is 99.2 Å². The van der Waals surface area contributed by atoms with E-state index in [-0.39, 0.29) is 5.03 Å². The number of nitrogens with zero attached hydrogens (tertiary/aromatic N) is 2. The lowest BCUT2D eigenvalue weighted by Crippen LogP contribution is -2.41. The first-order chi connectivity index (χ1) is 10.7. The third-order valence-electron chi connectivity index (χ3n) is 3.84. The standard InChI is InChI=1S/C15H20N4O3S/c1-15(2)9-12(11-8-10(16)4-5-13(11)22-15)18-23(20,21)14-6-7-17-19(14)3/h4-8,12,18H,9,16H2,1-3H3. The van der Waals surface area contributed by atoms with Crippen LogP contribution in [0.3, 0.4) is 0 Å². The Labute approximate surface area is 135 Å². The molecule has 8 heteroatoms. The summed E-state index contributed by atoms with van der Waals surface area (Å²) in [5.74, 6) is 0.646. The molecular formula is C15H20N4O3S. The zero-order chi connectivity index (χ0) is 16.8. The Kier molecular flexibility index (Phi) is 3.61. The number of nitrogen functional groups attached to an aromatic ring is 1. The third kappa shape index (κ3) is 3.04. The van der Waals surface area contributed by atoms with Crippen molar-refractivity contribution in [3.05, 3.63) is 36.0 Å². The van der Waals surface area contributed by atoms with Gasteiger partial charge in [-0.05, 0) is 38.1 Å². The summed E-state index contributed by atoms with van der Waals surface area (Å²) >= 11 is 0. The molecule has 0 spiro atoms. The first-order valence-corrected chi connectivity index (χ1v) is 8.75. The Morgan fingerprint density at radius 2 is 2.13 bits per heavy atom. The van der Waals surface area contributed by atoms with Crippen molar-refractivity contribution in [1.82, 2.24) is 14.5 Å². The number of aromatic nitrogens is 2. The van der Waals surface area contributed by atoms with E-state index >= 15 is 0 Å². The van der Waals surface area contributed by atoms with Crippen LogP contribution in [-0.2, 0) is 17.1 Å². The number of benzene rings is 1. The minimum absolute atomic E-state index is 0.118. The molecule has 7 nitrogen and oxygen atoms in total. The van der Waals surface area contributed by atoms with Crippen molar-refractivity contribution in [2.75, 3.05) is 5.73 Å². The van der Waals surface area contributed by atoms with Crippen molar-refractivity contribution in [2.24, 2.45) is 7.05 Å². The second-order valence-corrected chi connectivity index (χ2v) is 7.99. The Morgan fingerprint density at radius 3 is 2.78 bits per heavy atom. The Morgan fingerprint density at radius 1 is 1.39 bits per heavy atom. The number of nitrogens with two attached hydrogens (primary N) is 1. The predicted octanol–water partition coefficient (Wildman–Crippen LogP) is 1.58. The number of anilines is 1. The first kappa shape index (κ1) is 15.8. The van der Waals surface area contributed by atoms with E-state index in [2.05, 4.69) is 9.82 Å². The second-order valence-electron chi connectivity index (χ2n) is 6.33. The van der Waals surface area contributed by atoms with Crippen LogP contribution < -0.4 is 15.2 Å². The van der Waals surface area contributed by atoms with Crippen molar-refractivity contribution in [3.63, 3.8) is 0 Å². The molecule has 0 fully saturated rings. The van der Waals surface area contributed by atoms with Gasteiger partial charge < -0.3 is 10.5 Å². The van der Waals surface area contributed by atoms with Gasteiger partial charge in [-0.2, -0.15) is 5.10 Å². The summed E-state index contributed by atoms with van der Waals surface area (Å²) in [6.45, 7) is 3.86. The summed E-state index contributed by atoms with van der Waals surface area (Å²) in [5, 5.41) is 4.03. The van der Waals surface area contributed by atoms with Gasteiger partial charge in [0, 0.05) is 24.7 Å². The summed E-state index contributed by atoms with van der Waals surface area (Å²) in [6, 6.07) is 6.31. The molecule has 2 aromatic rings. The number of nitrogens with one attached hydrogen (secondary N) is 1. The zero-order valence-electron chi connectivity index (χ0n) is 13.3. The highest BCUT2D eigenvalue weighted by Gasteiger charge is 2.36. The minimum Gasteiger partial charge on any atom is -0.487 e. The van der Waals surface area contributed by atoms with Crippen molar-refractivity contribution in [3.8, 4) is 5.75 Å². The third-order valence-corrected chi connectivity index (χ3v) is 5.39. The molecule has 23 heavy (non-hydrogen) atoms. The number of ether oxygens (including phenoxy) is 1. The molecule has 1 aromatic carbocycles. The van der Waals surface area contributed by atoms with E-state index in [1.807, 2.05) is 13.8 Å². The van der Waals surface area contributed by atoms with Crippen LogP contribution in [0.5, 0.6) is 5.75 Å². The van der Waals surface area contributed by atoms with E-state index in [4.69, 9.17) is 10.5 Å². The van der Waals surface area contributed by atoms with E-state index in [1.54, 1.807) is 25.2 Å². The molecule has 0 amide bonds. The van der Waals surface area contributed by atoms with Gasteiger partial charge in [0.15, 0.2) is 5.03 Å². The molecule has 1 aromatic heterocycles. The van der Waals surface area contributed by atoms with Gasteiger partial charge in [-0.3, -0.25) is 4.68 Å². The van der Waals surface area contributed by atoms with Crippen LogP contribution in [0.4, 0.5) is 5.69 Å². The van der Waals surface area contributed by atoms with E-state index in [0.29, 0.717) is 17.9 Å². The Hall–Kier alpha value is -2.06. The van der Waals surface area contributed by atoms with Crippen molar-refractivity contribution in [2.45, 2.75) is 36.9 Å². The van der Waals surface area contributed by atoms with Crippen LogP contribution in [0.25, 0.3) is 0 Å². The molecule has 0 bridgehead atoms. The zero-order valence-corrected chi connectivity index (χ0v) is 14.1. The Balaban J connectivity index is 2.00. The van der Waals surface area contributed by atoms with Crippen LogP contribution in [0.15, 0.2) is 35.5 Å². The summed E-state index contributed by atoms with van der Waals surface area (Å²) in [7, 11) is -2.11. The van der Waals surface area contributed by atoms with E-state index in [9.17, 15) is 8.42 Å². The lowest BCUT2D eigenvalue weighted by molar-refractivity contribution is 0.0702. The molecular weight excluding hydrogens is 316 g/mol. The number of hydrogen-bond acceptors (Lipinski definition) is 5. The first-order valence-electron chi connectivity index (χ1n) is 7.27. The lowest BCUT2D eigenvalue weighted by atomic mass is 9.90. The van der Waals surface area contributed by atoms with Gasteiger partial charge in [0.1, 0.15) is 11.4 Å². The molecule has 124 valence electrons. The van der Waals surface area contributed by atoms with Gasteiger partial charge in [0.25, 0.3) is 10.0 Å². The maximum atomic E-state index is 12.6. The van der Waals surface area contributed by atoms with Gasteiger partial charge in [-0.1, -0.05) is 0 Å². The van der Waals surface area contributed by atoms with Gasteiger partial charge in [-0.25, -0.2) is 13.1 Å². The SMILES string of the molecule is Cn1nccc1S(=O)(=O)NC1CC(C)(C)Oc2ccc(N)cc21. The van der Waals surface area contributed by atoms with Crippen LogP contribution in [0, 0.1) is 0 Å². The van der Waals surface area contributed by atoms with Crippen LogP contribution in [0.1, 0.15) is 31.9 Å². The fourth-order valence-corrected chi connectivity index (χ4v) is 4.19. The molecule has 2 heterocycles. The van der Waals surface area contributed by atoms with Crippen molar-refractivity contribution in [1.29, 1.82) is 0 Å². The van der Waals surface area contributed by atoms with Crippen LogP contribution in [-0.4, -0.2) is 23.8 Å². The molecule has 0 saturated heterocycles. The fraction of sp³-hybridized carbons (Fsp3) is 0.400. The molecule has 0 saturated carbocycles. The highest BCUT2D eigenvalue weighted by atomic mass is 32.2. The largest absolute Gasteiger partial charge is 0.487 e. The number of hydrogen-bond donors (Lipinski definition) is 2. The Bertz CT molecular complexity index is 842. The maximum absolute atomic E-state index is 12.6. The van der Waals surface area contributed by atoms with Gasteiger partial charge in [-0.15, -0.1) is 0 Å². The summed E-state index contributed by atoms with van der Waals surface area (Å²) in [5.41, 5.74) is 6.68. The molecule has 1 atom stereocenters. The number of rotatable bonds is 3. The molecule has 0 radical (unpaired) electrons. The highest BCUT2D eigenvalue weighted by molar-refractivity contribution is 7.89. The average Bonchev–Trinajstić information content (AvgIpc) is 2.85. The fourth-order valence-electron chi connectivity index (χ4n) is 2.85. The lowest BCUT2D eigenvalue weighted by Gasteiger charge is -2.37. The van der Waals surface area contributed by atoms with Crippen molar-refractivity contribution >= 4 is 15.7 Å².